The number of furan rings is 1. The molecule has 0 unspecified atom stereocenters. The van der Waals surface area contributed by atoms with E-state index in [0.717, 1.165) is 38.8 Å². The summed E-state index contributed by atoms with van der Waals surface area (Å²) >= 11 is 6.08. The largest absolute Gasteiger partial charge is 0.489 e. The molecule has 39 heavy (non-hydrogen) atoms. The van der Waals surface area contributed by atoms with Crippen molar-refractivity contribution >= 4 is 34.6 Å². The maximum atomic E-state index is 12.1. The lowest BCUT2D eigenvalue weighted by molar-refractivity contribution is -0.139. The van der Waals surface area contributed by atoms with Gasteiger partial charge >= 0.3 is 12.1 Å². The van der Waals surface area contributed by atoms with E-state index in [9.17, 15) is 9.59 Å². The van der Waals surface area contributed by atoms with Crippen molar-refractivity contribution in [1.29, 1.82) is 0 Å². The SMILES string of the molecule is COC(=O)Cc1ccccc1OCc1cc(-c2cccc(CNC(=O)OC(C)(C)C)c2)c2oc(CCl)cc2c1. The van der Waals surface area contributed by atoms with Crippen molar-refractivity contribution in [2.75, 3.05) is 7.11 Å². The summed E-state index contributed by atoms with van der Waals surface area (Å²) < 4.78 is 22.4. The molecule has 0 spiro atoms. The average molecular weight is 550 g/mol. The highest BCUT2D eigenvalue weighted by atomic mass is 35.5. The molecule has 0 saturated heterocycles. The molecular weight excluding hydrogens is 518 g/mol. The van der Waals surface area contributed by atoms with Gasteiger partial charge in [-0.25, -0.2) is 4.79 Å². The van der Waals surface area contributed by atoms with Gasteiger partial charge in [0, 0.05) is 23.1 Å². The number of halogens is 1. The summed E-state index contributed by atoms with van der Waals surface area (Å²) in [5.41, 5.74) is 4.54. The second kappa shape index (κ2) is 12.3. The van der Waals surface area contributed by atoms with Crippen LogP contribution in [0.15, 0.2) is 71.1 Å². The number of methoxy groups -OCH3 is 1. The summed E-state index contributed by atoms with van der Waals surface area (Å²) in [4.78, 5) is 24.0. The quantitative estimate of drug-likeness (QED) is 0.176. The minimum absolute atomic E-state index is 0.127. The molecule has 4 rings (SSSR count). The fraction of sp³-hybridized carbons (Fsp3) is 0.290. The zero-order valence-electron chi connectivity index (χ0n) is 22.5. The van der Waals surface area contributed by atoms with Gasteiger partial charge in [-0.15, -0.1) is 11.6 Å². The Balaban J connectivity index is 1.61. The Labute approximate surface area is 233 Å². The molecular formula is C31H32ClNO6. The van der Waals surface area contributed by atoms with Crippen molar-refractivity contribution in [3.63, 3.8) is 0 Å². The minimum Gasteiger partial charge on any atom is -0.489 e. The Hall–Kier alpha value is -3.97. The second-order valence-electron chi connectivity index (χ2n) is 10.1. The van der Waals surface area contributed by atoms with Crippen LogP contribution in [-0.2, 0) is 39.7 Å². The van der Waals surface area contributed by atoms with Gasteiger partial charge in [0.15, 0.2) is 0 Å². The number of para-hydroxylation sites is 1. The number of amides is 1. The predicted octanol–water partition coefficient (Wildman–Crippen LogP) is 7.16. The van der Waals surface area contributed by atoms with Gasteiger partial charge < -0.3 is 23.9 Å². The zero-order valence-corrected chi connectivity index (χ0v) is 23.3. The van der Waals surface area contributed by atoms with E-state index < -0.39 is 11.7 Å². The Morgan fingerprint density at radius 2 is 1.77 bits per heavy atom. The van der Waals surface area contributed by atoms with E-state index in [-0.39, 0.29) is 24.9 Å². The van der Waals surface area contributed by atoms with Crippen molar-refractivity contribution in [3.8, 4) is 16.9 Å². The van der Waals surface area contributed by atoms with Crippen LogP contribution in [0.25, 0.3) is 22.1 Å². The van der Waals surface area contributed by atoms with Crippen molar-refractivity contribution in [1.82, 2.24) is 5.32 Å². The van der Waals surface area contributed by atoms with Crippen LogP contribution >= 0.6 is 11.6 Å². The van der Waals surface area contributed by atoms with Gasteiger partial charge in [0.05, 0.1) is 19.4 Å². The van der Waals surface area contributed by atoms with E-state index in [1.165, 1.54) is 7.11 Å². The van der Waals surface area contributed by atoms with Crippen LogP contribution in [0, 0.1) is 0 Å². The van der Waals surface area contributed by atoms with Crippen LogP contribution in [0.4, 0.5) is 4.79 Å². The molecule has 1 amide bonds. The Morgan fingerprint density at radius 1 is 0.974 bits per heavy atom. The number of esters is 1. The van der Waals surface area contributed by atoms with E-state index >= 15 is 0 Å². The molecule has 204 valence electrons. The molecule has 8 heteroatoms. The molecule has 7 nitrogen and oxygen atoms in total. The van der Waals surface area contributed by atoms with Crippen molar-refractivity contribution in [2.45, 2.75) is 51.8 Å². The standard InChI is InChI=1S/C31H32ClNO6/c1-31(2,3)39-30(35)33-18-20-8-7-10-22(12-20)26-14-21(13-24-15-25(17-32)38-29(24)26)19-37-27-11-6-5-9-23(27)16-28(34)36-4/h5-15H,16-19H2,1-4H3,(H,33,35). The number of rotatable bonds is 9. The van der Waals surface area contributed by atoms with Crippen LogP contribution in [0.2, 0.25) is 0 Å². The summed E-state index contributed by atoms with van der Waals surface area (Å²) in [5, 5.41) is 3.71. The van der Waals surface area contributed by atoms with Gasteiger partial charge in [-0.05, 0) is 67.8 Å². The predicted molar refractivity (Wildman–Crippen MR) is 151 cm³/mol. The van der Waals surface area contributed by atoms with E-state index in [2.05, 4.69) is 5.32 Å². The number of fused-ring (bicyclic) bond motifs is 1. The molecule has 0 atom stereocenters. The van der Waals surface area contributed by atoms with Gasteiger partial charge in [0.2, 0.25) is 0 Å². The van der Waals surface area contributed by atoms with E-state index in [1.807, 2.05) is 87.5 Å². The summed E-state index contributed by atoms with van der Waals surface area (Å²) in [5.74, 6) is 1.20. The number of alkyl carbamates (subject to hydrolysis) is 1. The highest BCUT2D eigenvalue weighted by Crippen LogP contribution is 2.34. The molecule has 1 N–H and O–H groups in total. The lowest BCUT2D eigenvalue weighted by atomic mass is 9.99. The van der Waals surface area contributed by atoms with E-state index in [0.29, 0.717) is 18.1 Å². The zero-order chi connectivity index (χ0) is 28.0. The smallest absolute Gasteiger partial charge is 0.407 e. The van der Waals surface area contributed by atoms with Gasteiger partial charge in [-0.2, -0.15) is 0 Å². The average Bonchev–Trinajstić information content (AvgIpc) is 3.33. The van der Waals surface area contributed by atoms with Crippen LogP contribution in [0.3, 0.4) is 0 Å². The first kappa shape index (κ1) is 28.0. The summed E-state index contributed by atoms with van der Waals surface area (Å²) in [7, 11) is 1.37. The van der Waals surface area contributed by atoms with Gasteiger partial charge in [0.25, 0.3) is 0 Å². The summed E-state index contributed by atoms with van der Waals surface area (Å²) in [6.07, 6.45) is -0.346. The van der Waals surface area contributed by atoms with Gasteiger partial charge in [-0.3, -0.25) is 4.79 Å². The number of hydrogen-bond acceptors (Lipinski definition) is 6. The number of benzene rings is 3. The normalized spacial score (nSPS) is 11.3. The number of ether oxygens (including phenoxy) is 3. The first-order valence-corrected chi connectivity index (χ1v) is 13.1. The third kappa shape index (κ3) is 7.54. The van der Waals surface area contributed by atoms with Crippen molar-refractivity contribution in [2.24, 2.45) is 0 Å². The maximum Gasteiger partial charge on any atom is 0.407 e. The molecule has 1 heterocycles. The van der Waals surface area contributed by atoms with Gasteiger partial charge in [0.1, 0.15) is 29.3 Å². The molecule has 4 aromatic rings. The molecule has 1 aromatic heterocycles. The Morgan fingerprint density at radius 3 is 2.51 bits per heavy atom. The number of hydrogen-bond donors (Lipinski definition) is 1. The molecule has 0 saturated carbocycles. The van der Waals surface area contributed by atoms with Gasteiger partial charge in [-0.1, -0.05) is 36.4 Å². The topological polar surface area (TPSA) is 87.0 Å². The first-order chi connectivity index (χ1) is 18.6. The van der Waals surface area contributed by atoms with E-state index in [4.69, 9.17) is 30.2 Å². The lowest BCUT2D eigenvalue weighted by Crippen LogP contribution is -2.32. The maximum absolute atomic E-state index is 12.1. The van der Waals surface area contributed by atoms with Crippen molar-refractivity contribution < 1.29 is 28.2 Å². The highest BCUT2D eigenvalue weighted by Gasteiger charge is 2.17. The van der Waals surface area contributed by atoms with Crippen LogP contribution in [0.5, 0.6) is 5.75 Å². The van der Waals surface area contributed by atoms with E-state index in [1.54, 1.807) is 0 Å². The lowest BCUT2D eigenvalue weighted by Gasteiger charge is -2.19. The summed E-state index contributed by atoms with van der Waals surface area (Å²) in [6, 6.07) is 21.2. The Bertz CT molecular complexity index is 1470. The number of alkyl halides is 1. The van der Waals surface area contributed by atoms with Crippen LogP contribution in [-0.4, -0.2) is 24.8 Å². The molecule has 0 aliphatic rings. The molecule has 0 radical (unpaired) electrons. The fourth-order valence-electron chi connectivity index (χ4n) is 4.15. The molecule has 0 bridgehead atoms. The Kier molecular flexibility index (Phi) is 8.82. The number of carbonyl (C=O) groups excluding carboxylic acids is 2. The third-order valence-corrected chi connectivity index (χ3v) is 6.13. The fourth-order valence-corrected chi connectivity index (χ4v) is 4.28. The number of carbonyl (C=O) groups is 2. The van der Waals surface area contributed by atoms with Crippen molar-refractivity contribution in [3.05, 3.63) is 89.2 Å². The minimum atomic E-state index is -0.570. The van der Waals surface area contributed by atoms with Crippen LogP contribution < -0.4 is 10.1 Å². The number of nitrogens with one attached hydrogen (secondary N) is 1. The second-order valence-corrected chi connectivity index (χ2v) is 10.4. The third-order valence-electron chi connectivity index (χ3n) is 5.86. The van der Waals surface area contributed by atoms with Crippen LogP contribution in [0.1, 0.15) is 43.2 Å². The molecule has 0 aliphatic heterocycles. The first-order valence-electron chi connectivity index (χ1n) is 12.6. The monoisotopic (exact) mass is 549 g/mol. The highest BCUT2D eigenvalue weighted by molar-refractivity contribution is 6.17. The molecule has 3 aromatic carbocycles. The summed E-state index contributed by atoms with van der Waals surface area (Å²) in [6.45, 7) is 6.07. The molecule has 0 aliphatic carbocycles. The molecule has 0 fully saturated rings.